The van der Waals surface area contributed by atoms with Crippen molar-refractivity contribution in [3.63, 3.8) is 0 Å². The first-order valence-corrected chi connectivity index (χ1v) is 8.00. The number of aryl methyl sites for hydroxylation is 2. The molecule has 2 heterocycles. The van der Waals surface area contributed by atoms with Gasteiger partial charge in [-0.15, -0.1) is 0 Å². The number of carbonyl (C=O) groups excluding carboxylic acids is 2. The summed E-state index contributed by atoms with van der Waals surface area (Å²) in [6.07, 6.45) is 0. The third-order valence-electron chi connectivity index (χ3n) is 3.50. The zero-order valence-corrected chi connectivity index (χ0v) is 14.9. The largest absolute Gasteiger partial charge is 0.465 e. The highest BCUT2D eigenvalue weighted by atomic mass is 16.5. The van der Waals surface area contributed by atoms with Gasteiger partial charge in [0.2, 0.25) is 5.95 Å². The van der Waals surface area contributed by atoms with Crippen molar-refractivity contribution < 1.29 is 18.8 Å². The zero-order valence-electron chi connectivity index (χ0n) is 14.9. The summed E-state index contributed by atoms with van der Waals surface area (Å²) < 4.78 is 9.65. The average Bonchev–Trinajstić information content (AvgIpc) is 3.05. The van der Waals surface area contributed by atoms with E-state index in [4.69, 9.17) is 4.52 Å². The van der Waals surface area contributed by atoms with E-state index in [0.29, 0.717) is 28.5 Å². The lowest BCUT2D eigenvalue weighted by Gasteiger charge is -2.08. The Morgan fingerprint density at radius 3 is 2.63 bits per heavy atom. The summed E-state index contributed by atoms with van der Waals surface area (Å²) in [6, 6.07) is 9.67. The number of esters is 1. The number of rotatable bonds is 5. The van der Waals surface area contributed by atoms with Crippen molar-refractivity contribution in [3.05, 3.63) is 59.1 Å². The number of nitrogens with one attached hydrogen (secondary N) is 2. The van der Waals surface area contributed by atoms with Crippen molar-refractivity contribution in [2.45, 2.75) is 13.8 Å². The van der Waals surface area contributed by atoms with Gasteiger partial charge in [-0.05, 0) is 38.1 Å². The Kier molecular flexibility index (Phi) is 5.11. The SMILES string of the molecule is COC(=O)c1cccc(NC(=O)c2cc(C)nc(Nc3cc(C)on3)n2)c1. The highest BCUT2D eigenvalue weighted by molar-refractivity contribution is 6.03. The molecule has 3 rings (SSSR count). The van der Waals surface area contributed by atoms with E-state index < -0.39 is 11.9 Å². The summed E-state index contributed by atoms with van der Waals surface area (Å²) in [5.41, 5.74) is 1.54. The summed E-state index contributed by atoms with van der Waals surface area (Å²) in [5, 5.41) is 9.40. The number of methoxy groups -OCH3 is 1. The van der Waals surface area contributed by atoms with Gasteiger partial charge in [-0.2, -0.15) is 0 Å². The minimum Gasteiger partial charge on any atom is -0.465 e. The second-order valence-corrected chi connectivity index (χ2v) is 5.69. The predicted octanol–water partition coefficient (Wildman–Crippen LogP) is 2.86. The van der Waals surface area contributed by atoms with E-state index >= 15 is 0 Å². The van der Waals surface area contributed by atoms with Crippen LogP contribution < -0.4 is 10.6 Å². The van der Waals surface area contributed by atoms with Gasteiger partial charge in [0.25, 0.3) is 5.91 Å². The Balaban J connectivity index is 1.79. The van der Waals surface area contributed by atoms with Crippen molar-refractivity contribution >= 4 is 29.3 Å². The molecule has 9 heteroatoms. The van der Waals surface area contributed by atoms with E-state index in [0.717, 1.165) is 0 Å². The number of benzene rings is 1. The van der Waals surface area contributed by atoms with Crippen LogP contribution in [0.2, 0.25) is 0 Å². The van der Waals surface area contributed by atoms with Crippen molar-refractivity contribution in [2.75, 3.05) is 17.7 Å². The Morgan fingerprint density at radius 1 is 1.11 bits per heavy atom. The number of anilines is 3. The second kappa shape index (κ2) is 7.65. The number of ether oxygens (including phenoxy) is 1. The fraction of sp³-hybridized carbons (Fsp3) is 0.167. The lowest BCUT2D eigenvalue weighted by Crippen LogP contribution is -2.16. The number of aromatic nitrogens is 3. The summed E-state index contributed by atoms with van der Waals surface area (Å²) in [7, 11) is 1.29. The van der Waals surface area contributed by atoms with E-state index in [1.807, 2.05) is 0 Å². The molecule has 0 radical (unpaired) electrons. The van der Waals surface area contributed by atoms with Gasteiger partial charge >= 0.3 is 5.97 Å². The molecule has 1 amide bonds. The highest BCUT2D eigenvalue weighted by Gasteiger charge is 2.13. The molecule has 0 unspecified atom stereocenters. The molecule has 0 saturated heterocycles. The van der Waals surface area contributed by atoms with E-state index in [1.165, 1.54) is 13.2 Å². The Morgan fingerprint density at radius 2 is 1.93 bits per heavy atom. The second-order valence-electron chi connectivity index (χ2n) is 5.69. The third-order valence-corrected chi connectivity index (χ3v) is 3.50. The molecule has 0 aliphatic carbocycles. The van der Waals surface area contributed by atoms with Gasteiger partial charge in [-0.1, -0.05) is 11.2 Å². The standard InChI is InChI=1S/C18H17N5O4/c1-10-7-14(21-18(19-10)22-15-8-11(2)27-23-15)16(24)20-13-6-4-5-12(9-13)17(25)26-3/h4-9H,1-3H3,(H,20,24)(H,19,21,22,23). The molecule has 2 aromatic heterocycles. The van der Waals surface area contributed by atoms with Crippen LogP contribution in [0.15, 0.2) is 40.9 Å². The van der Waals surface area contributed by atoms with Crippen LogP contribution >= 0.6 is 0 Å². The van der Waals surface area contributed by atoms with Crippen LogP contribution in [-0.2, 0) is 4.74 Å². The molecule has 0 spiro atoms. The van der Waals surface area contributed by atoms with E-state index in [1.54, 1.807) is 44.2 Å². The summed E-state index contributed by atoms with van der Waals surface area (Å²) in [4.78, 5) is 32.6. The van der Waals surface area contributed by atoms with Crippen LogP contribution in [0.25, 0.3) is 0 Å². The maximum Gasteiger partial charge on any atom is 0.337 e. The fourth-order valence-electron chi connectivity index (χ4n) is 2.32. The molecule has 0 aliphatic rings. The quantitative estimate of drug-likeness (QED) is 0.661. The molecule has 1 aromatic carbocycles. The van der Waals surface area contributed by atoms with Crippen LogP contribution in [0.4, 0.5) is 17.5 Å². The van der Waals surface area contributed by atoms with Crippen molar-refractivity contribution in [1.82, 2.24) is 15.1 Å². The summed E-state index contributed by atoms with van der Waals surface area (Å²) >= 11 is 0. The third kappa shape index (κ3) is 4.46. The summed E-state index contributed by atoms with van der Waals surface area (Å²) in [5.74, 6) is 0.362. The fourth-order valence-corrected chi connectivity index (χ4v) is 2.32. The predicted molar refractivity (Wildman–Crippen MR) is 97.0 cm³/mol. The van der Waals surface area contributed by atoms with E-state index in [-0.39, 0.29) is 11.6 Å². The van der Waals surface area contributed by atoms with E-state index in [9.17, 15) is 9.59 Å². The van der Waals surface area contributed by atoms with Gasteiger partial charge in [-0.25, -0.2) is 14.8 Å². The average molecular weight is 367 g/mol. The molecule has 0 saturated carbocycles. The van der Waals surface area contributed by atoms with Gasteiger partial charge < -0.3 is 19.9 Å². The van der Waals surface area contributed by atoms with Gasteiger partial charge in [0.05, 0.1) is 12.7 Å². The van der Waals surface area contributed by atoms with Crippen LogP contribution in [0, 0.1) is 13.8 Å². The lowest BCUT2D eigenvalue weighted by molar-refractivity contribution is 0.0600. The summed E-state index contributed by atoms with van der Waals surface area (Å²) in [6.45, 7) is 3.51. The van der Waals surface area contributed by atoms with Crippen LogP contribution in [0.5, 0.6) is 0 Å². The van der Waals surface area contributed by atoms with Gasteiger partial charge in [0.1, 0.15) is 11.5 Å². The maximum absolute atomic E-state index is 12.5. The maximum atomic E-state index is 12.5. The Hall–Kier alpha value is -3.75. The molecule has 9 nitrogen and oxygen atoms in total. The number of hydrogen-bond acceptors (Lipinski definition) is 8. The number of hydrogen-bond donors (Lipinski definition) is 2. The van der Waals surface area contributed by atoms with Gasteiger partial charge in [0, 0.05) is 17.4 Å². The van der Waals surface area contributed by atoms with E-state index in [2.05, 4.69) is 30.5 Å². The monoisotopic (exact) mass is 367 g/mol. The van der Waals surface area contributed by atoms with Gasteiger partial charge in [-0.3, -0.25) is 4.79 Å². The topological polar surface area (TPSA) is 119 Å². The zero-order chi connectivity index (χ0) is 19.4. The molecule has 0 fully saturated rings. The number of nitrogens with zero attached hydrogens (tertiary/aromatic N) is 3. The Labute approximate surface area is 154 Å². The first kappa shape index (κ1) is 18.1. The minimum absolute atomic E-state index is 0.161. The van der Waals surface area contributed by atoms with Crippen molar-refractivity contribution in [3.8, 4) is 0 Å². The van der Waals surface area contributed by atoms with Crippen molar-refractivity contribution in [1.29, 1.82) is 0 Å². The van der Waals surface area contributed by atoms with Crippen LogP contribution in [-0.4, -0.2) is 34.1 Å². The Bertz CT molecular complexity index is 999. The molecule has 27 heavy (non-hydrogen) atoms. The molecule has 3 aromatic rings. The highest BCUT2D eigenvalue weighted by Crippen LogP contribution is 2.16. The molecule has 2 N–H and O–H groups in total. The van der Waals surface area contributed by atoms with Crippen LogP contribution in [0.3, 0.4) is 0 Å². The first-order valence-electron chi connectivity index (χ1n) is 8.00. The van der Waals surface area contributed by atoms with Gasteiger partial charge in [0.15, 0.2) is 5.82 Å². The molecular formula is C18H17N5O4. The van der Waals surface area contributed by atoms with Crippen molar-refractivity contribution in [2.24, 2.45) is 0 Å². The smallest absolute Gasteiger partial charge is 0.337 e. The minimum atomic E-state index is -0.488. The molecule has 0 atom stereocenters. The normalized spacial score (nSPS) is 10.3. The van der Waals surface area contributed by atoms with Crippen LogP contribution in [0.1, 0.15) is 32.3 Å². The number of amides is 1. The molecular weight excluding hydrogens is 350 g/mol. The number of carbonyl (C=O) groups is 2. The molecule has 0 bridgehead atoms. The first-order chi connectivity index (χ1) is 12.9. The lowest BCUT2D eigenvalue weighted by atomic mass is 10.2. The molecule has 0 aliphatic heterocycles. The molecule has 138 valence electrons.